The van der Waals surface area contributed by atoms with Gasteiger partial charge in [0.15, 0.2) is 0 Å². The van der Waals surface area contributed by atoms with Crippen LogP contribution in [0.25, 0.3) is 0 Å². The summed E-state index contributed by atoms with van der Waals surface area (Å²) < 4.78 is 0. The van der Waals surface area contributed by atoms with E-state index in [-0.39, 0.29) is 5.91 Å². The fourth-order valence-corrected chi connectivity index (χ4v) is 3.39. The third kappa shape index (κ3) is 4.24. The van der Waals surface area contributed by atoms with Crippen LogP contribution in [0.15, 0.2) is 18.2 Å². The summed E-state index contributed by atoms with van der Waals surface area (Å²) in [5, 5.41) is 9.04. The maximum Gasteiger partial charge on any atom is 0.335 e. The molecule has 0 unspecified atom stereocenters. The Kier molecular flexibility index (Phi) is 5.67. The van der Waals surface area contributed by atoms with Gasteiger partial charge in [-0.05, 0) is 41.9 Å². The predicted octanol–water partition coefficient (Wildman–Crippen LogP) is 2.80. The average Bonchev–Trinajstić information content (AvgIpc) is 2.50. The van der Waals surface area contributed by atoms with E-state index in [9.17, 15) is 9.59 Å². The van der Waals surface area contributed by atoms with Gasteiger partial charge in [0.05, 0.1) is 11.3 Å². The first-order chi connectivity index (χ1) is 10.1. The molecule has 1 N–H and O–H groups in total. The number of aromatic carboxylic acids is 1. The number of hydrogen-bond donors (Lipinski definition) is 1. The highest BCUT2D eigenvalue weighted by molar-refractivity contribution is 7.99. The van der Waals surface area contributed by atoms with Crippen LogP contribution in [0.2, 0.25) is 0 Å². The van der Waals surface area contributed by atoms with Crippen molar-refractivity contribution in [3.05, 3.63) is 34.9 Å². The fourth-order valence-electron chi connectivity index (χ4n) is 2.40. The molecule has 1 aliphatic heterocycles. The number of hydrogen-bond acceptors (Lipinski definition) is 3. The van der Waals surface area contributed by atoms with Gasteiger partial charge in [0, 0.05) is 13.1 Å². The summed E-state index contributed by atoms with van der Waals surface area (Å²) in [5.41, 5.74) is 2.41. The number of unbranched alkanes of at least 4 members (excludes halogenated alkanes) is 1. The highest BCUT2D eigenvalue weighted by Crippen LogP contribution is 2.21. The van der Waals surface area contributed by atoms with Gasteiger partial charge in [-0.15, -0.1) is 0 Å². The number of amides is 1. The molecule has 0 aliphatic carbocycles. The van der Waals surface area contributed by atoms with Crippen LogP contribution < -0.4 is 0 Å². The highest BCUT2D eigenvalue weighted by atomic mass is 32.2. The Hall–Kier alpha value is -1.49. The van der Waals surface area contributed by atoms with Crippen molar-refractivity contribution in [2.45, 2.75) is 32.7 Å². The van der Waals surface area contributed by atoms with E-state index in [0.29, 0.717) is 17.9 Å². The summed E-state index contributed by atoms with van der Waals surface area (Å²) in [6.07, 6.45) is 3.10. The molecule has 0 saturated carbocycles. The second-order valence-electron chi connectivity index (χ2n) is 5.26. The lowest BCUT2D eigenvalue weighted by molar-refractivity contribution is -0.129. The second-order valence-corrected chi connectivity index (χ2v) is 6.37. The van der Waals surface area contributed by atoms with Crippen molar-refractivity contribution in [2.24, 2.45) is 0 Å². The monoisotopic (exact) mass is 307 g/mol. The van der Waals surface area contributed by atoms with Gasteiger partial charge in [0.25, 0.3) is 0 Å². The van der Waals surface area contributed by atoms with Crippen LogP contribution in [0.5, 0.6) is 0 Å². The zero-order valence-electron chi connectivity index (χ0n) is 12.3. The van der Waals surface area contributed by atoms with Gasteiger partial charge in [-0.1, -0.05) is 19.4 Å². The SMILES string of the molecule is CCCCSCC(=O)N1CCc2ccc(C(=O)O)cc2C1. The average molecular weight is 307 g/mol. The van der Waals surface area contributed by atoms with E-state index in [0.717, 1.165) is 42.7 Å². The first-order valence-electron chi connectivity index (χ1n) is 7.32. The largest absolute Gasteiger partial charge is 0.478 e. The van der Waals surface area contributed by atoms with Gasteiger partial charge in [-0.25, -0.2) is 4.79 Å². The standard InChI is InChI=1S/C16H21NO3S/c1-2-3-8-21-11-15(18)17-7-6-12-4-5-13(16(19)20)9-14(12)10-17/h4-5,9H,2-3,6-8,10-11H2,1H3,(H,19,20). The summed E-state index contributed by atoms with van der Waals surface area (Å²) in [7, 11) is 0. The zero-order chi connectivity index (χ0) is 15.2. The molecule has 1 aliphatic rings. The van der Waals surface area contributed by atoms with Crippen LogP contribution in [0.1, 0.15) is 41.3 Å². The molecule has 1 amide bonds. The number of carbonyl (C=O) groups is 2. The number of nitrogens with zero attached hydrogens (tertiary/aromatic N) is 1. The van der Waals surface area contributed by atoms with Crippen molar-refractivity contribution in [3.8, 4) is 0 Å². The molecule has 2 rings (SSSR count). The summed E-state index contributed by atoms with van der Waals surface area (Å²) in [4.78, 5) is 25.0. The molecule has 1 aromatic carbocycles. The predicted molar refractivity (Wildman–Crippen MR) is 84.8 cm³/mol. The molecule has 0 fully saturated rings. The van der Waals surface area contributed by atoms with E-state index in [1.807, 2.05) is 11.0 Å². The highest BCUT2D eigenvalue weighted by Gasteiger charge is 2.21. The van der Waals surface area contributed by atoms with Gasteiger partial charge in [0.1, 0.15) is 0 Å². The summed E-state index contributed by atoms with van der Waals surface area (Å²) in [5.74, 6) is 0.780. The van der Waals surface area contributed by atoms with Crippen molar-refractivity contribution in [1.82, 2.24) is 4.90 Å². The molecular formula is C16H21NO3S. The number of carbonyl (C=O) groups excluding carboxylic acids is 1. The molecule has 4 nitrogen and oxygen atoms in total. The topological polar surface area (TPSA) is 57.6 Å². The maximum atomic E-state index is 12.2. The Bertz CT molecular complexity index is 530. The van der Waals surface area contributed by atoms with Crippen LogP contribution in [0, 0.1) is 0 Å². The van der Waals surface area contributed by atoms with Crippen molar-refractivity contribution >= 4 is 23.6 Å². The number of carboxylic acid groups (broad SMARTS) is 1. The molecule has 1 aromatic rings. The minimum absolute atomic E-state index is 0.155. The molecule has 0 radical (unpaired) electrons. The first kappa shape index (κ1) is 15.9. The zero-order valence-corrected chi connectivity index (χ0v) is 13.1. The third-order valence-electron chi connectivity index (χ3n) is 3.69. The Morgan fingerprint density at radius 2 is 2.14 bits per heavy atom. The molecular weight excluding hydrogens is 286 g/mol. The Labute approximate surface area is 129 Å². The molecule has 21 heavy (non-hydrogen) atoms. The quantitative estimate of drug-likeness (QED) is 0.821. The van der Waals surface area contributed by atoms with Crippen molar-refractivity contribution < 1.29 is 14.7 Å². The van der Waals surface area contributed by atoms with Crippen LogP contribution >= 0.6 is 11.8 Å². The summed E-state index contributed by atoms with van der Waals surface area (Å²) in [6, 6.07) is 5.21. The lowest BCUT2D eigenvalue weighted by Gasteiger charge is -2.29. The van der Waals surface area contributed by atoms with Crippen molar-refractivity contribution in [3.63, 3.8) is 0 Å². The van der Waals surface area contributed by atoms with E-state index in [2.05, 4.69) is 6.92 Å². The van der Waals surface area contributed by atoms with Crippen LogP contribution in [0.4, 0.5) is 0 Å². The Morgan fingerprint density at radius 3 is 2.86 bits per heavy atom. The summed E-state index contributed by atoms with van der Waals surface area (Å²) in [6.45, 7) is 3.40. The van der Waals surface area contributed by atoms with E-state index < -0.39 is 5.97 Å². The number of benzene rings is 1. The minimum Gasteiger partial charge on any atom is -0.478 e. The first-order valence-corrected chi connectivity index (χ1v) is 8.48. The molecule has 0 spiro atoms. The number of carboxylic acids is 1. The molecule has 0 atom stereocenters. The van der Waals surface area contributed by atoms with E-state index in [1.54, 1.807) is 23.9 Å². The van der Waals surface area contributed by atoms with Gasteiger partial charge in [0.2, 0.25) is 5.91 Å². The van der Waals surface area contributed by atoms with Crippen LogP contribution in [0.3, 0.4) is 0 Å². The normalized spacial score (nSPS) is 13.9. The second kappa shape index (κ2) is 7.50. The number of rotatable bonds is 6. The molecule has 114 valence electrons. The van der Waals surface area contributed by atoms with E-state index in [1.165, 1.54) is 0 Å². The lowest BCUT2D eigenvalue weighted by Crippen LogP contribution is -2.37. The van der Waals surface area contributed by atoms with Crippen molar-refractivity contribution in [2.75, 3.05) is 18.1 Å². The lowest BCUT2D eigenvalue weighted by atomic mass is 9.97. The van der Waals surface area contributed by atoms with Gasteiger partial charge in [-0.3, -0.25) is 4.79 Å². The minimum atomic E-state index is -0.920. The van der Waals surface area contributed by atoms with E-state index in [4.69, 9.17) is 5.11 Å². The molecule has 0 bridgehead atoms. The number of fused-ring (bicyclic) bond motifs is 1. The maximum absolute atomic E-state index is 12.2. The number of thioether (sulfide) groups is 1. The van der Waals surface area contributed by atoms with Gasteiger partial charge in [-0.2, -0.15) is 11.8 Å². The summed E-state index contributed by atoms with van der Waals surface area (Å²) >= 11 is 1.68. The van der Waals surface area contributed by atoms with Gasteiger partial charge >= 0.3 is 5.97 Å². The van der Waals surface area contributed by atoms with Crippen molar-refractivity contribution in [1.29, 1.82) is 0 Å². The van der Waals surface area contributed by atoms with E-state index >= 15 is 0 Å². The molecule has 1 heterocycles. The fraction of sp³-hybridized carbons (Fsp3) is 0.500. The molecule has 0 aromatic heterocycles. The third-order valence-corrected chi connectivity index (χ3v) is 4.71. The molecule has 5 heteroatoms. The smallest absolute Gasteiger partial charge is 0.335 e. The Balaban J connectivity index is 1.96. The van der Waals surface area contributed by atoms with Crippen LogP contribution in [-0.4, -0.2) is 39.9 Å². The van der Waals surface area contributed by atoms with Gasteiger partial charge < -0.3 is 10.0 Å². The molecule has 0 saturated heterocycles. The Morgan fingerprint density at radius 1 is 1.33 bits per heavy atom. The van der Waals surface area contributed by atoms with Crippen LogP contribution in [-0.2, 0) is 17.8 Å².